The van der Waals surface area contributed by atoms with E-state index in [1.54, 1.807) is 25.1 Å². The van der Waals surface area contributed by atoms with Crippen LogP contribution in [0.3, 0.4) is 0 Å². The zero-order valence-corrected chi connectivity index (χ0v) is 12.6. The van der Waals surface area contributed by atoms with Gasteiger partial charge in [-0.2, -0.15) is 0 Å². The van der Waals surface area contributed by atoms with Crippen molar-refractivity contribution in [1.82, 2.24) is 0 Å². The van der Waals surface area contributed by atoms with Crippen LogP contribution >= 0.6 is 7.82 Å². The van der Waals surface area contributed by atoms with Gasteiger partial charge in [-0.3, -0.25) is 4.89 Å². The summed E-state index contributed by atoms with van der Waals surface area (Å²) < 4.78 is 22.5. The van der Waals surface area contributed by atoms with E-state index in [1.807, 2.05) is 38.1 Å². The van der Waals surface area contributed by atoms with E-state index in [4.69, 9.17) is 9.05 Å². The molecule has 0 fully saturated rings. The predicted molar refractivity (Wildman–Crippen MR) is 78.2 cm³/mol. The highest BCUT2D eigenvalue weighted by atomic mass is 31.2. The van der Waals surface area contributed by atoms with Crippen molar-refractivity contribution >= 4 is 7.82 Å². The van der Waals surface area contributed by atoms with E-state index in [-0.39, 0.29) is 0 Å². The normalized spacial score (nSPS) is 13.6. The van der Waals surface area contributed by atoms with Gasteiger partial charge in [-0.05, 0) is 43.5 Å². The molecule has 0 saturated carbocycles. The number of benzene rings is 2. The summed E-state index contributed by atoms with van der Waals surface area (Å²) in [5.74, 6) is 0.719. The lowest BCUT2D eigenvalue weighted by atomic mass is 10.1. The molecule has 1 N–H and O–H groups in total. The van der Waals surface area contributed by atoms with Crippen LogP contribution in [0.2, 0.25) is 0 Å². The third-order valence-corrected chi connectivity index (χ3v) is 3.76. The third kappa shape index (κ3) is 3.41. The van der Waals surface area contributed by atoms with Crippen molar-refractivity contribution in [2.75, 3.05) is 0 Å². The Morgan fingerprint density at radius 3 is 2.00 bits per heavy atom. The lowest BCUT2D eigenvalue weighted by molar-refractivity contribution is 0.289. The van der Waals surface area contributed by atoms with Crippen LogP contribution in [0.15, 0.2) is 42.5 Å². The van der Waals surface area contributed by atoms with Crippen molar-refractivity contribution in [2.45, 2.75) is 20.8 Å². The van der Waals surface area contributed by atoms with E-state index >= 15 is 0 Å². The zero-order valence-electron chi connectivity index (χ0n) is 11.7. The molecule has 0 amide bonds. The van der Waals surface area contributed by atoms with Gasteiger partial charge in [-0.25, -0.2) is 4.57 Å². The van der Waals surface area contributed by atoms with Gasteiger partial charge in [0.1, 0.15) is 11.5 Å². The highest BCUT2D eigenvalue weighted by Gasteiger charge is 2.27. The number of aryl methyl sites for hydroxylation is 3. The van der Waals surface area contributed by atoms with Gasteiger partial charge in [-0.15, -0.1) is 0 Å². The first kappa shape index (κ1) is 14.6. The molecule has 106 valence electrons. The Kier molecular flexibility index (Phi) is 4.17. The smallest absolute Gasteiger partial charge is 0.395 e. The van der Waals surface area contributed by atoms with Crippen molar-refractivity contribution in [1.29, 1.82) is 0 Å². The number of phosphoric ester groups is 1. The summed E-state index contributed by atoms with van der Waals surface area (Å²) in [5.41, 5.74) is 2.34. The van der Waals surface area contributed by atoms with Gasteiger partial charge in [0.05, 0.1) is 0 Å². The first-order chi connectivity index (χ1) is 9.39. The van der Waals surface area contributed by atoms with Gasteiger partial charge < -0.3 is 9.05 Å². The quantitative estimate of drug-likeness (QED) is 0.859. The van der Waals surface area contributed by atoms with Crippen molar-refractivity contribution in [3.8, 4) is 11.5 Å². The molecule has 0 aliphatic rings. The minimum absolute atomic E-state index is 0.338. The molecule has 0 aliphatic carbocycles. The molecular formula is C15H17O4P. The number of hydrogen-bond donors (Lipinski definition) is 1. The molecule has 0 saturated heterocycles. The molecule has 20 heavy (non-hydrogen) atoms. The van der Waals surface area contributed by atoms with Crippen LogP contribution in [0.1, 0.15) is 16.7 Å². The summed E-state index contributed by atoms with van der Waals surface area (Å²) in [5, 5.41) is 0. The third-order valence-electron chi connectivity index (χ3n) is 2.92. The minimum Gasteiger partial charge on any atom is -0.395 e. The van der Waals surface area contributed by atoms with Crippen molar-refractivity contribution in [3.63, 3.8) is 0 Å². The van der Waals surface area contributed by atoms with E-state index in [2.05, 4.69) is 0 Å². The fourth-order valence-corrected chi connectivity index (χ4v) is 2.87. The number of para-hydroxylation sites is 2. The number of hydrogen-bond acceptors (Lipinski definition) is 3. The van der Waals surface area contributed by atoms with Gasteiger partial charge in [0.2, 0.25) is 0 Å². The Morgan fingerprint density at radius 2 is 1.40 bits per heavy atom. The molecule has 4 nitrogen and oxygen atoms in total. The summed E-state index contributed by atoms with van der Waals surface area (Å²) in [6.07, 6.45) is 0. The van der Waals surface area contributed by atoms with Gasteiger partial charge in [0, 0.05) is 0 Å². The topological polar surface area (TPSA) is 55.8 Å². The van der Waals surface area contributed by atoms with Gasteiger partial charge in [0.25, 0.3) is 0 Å². The maximum absolute atomic E-state index is 12.1. The largest absolute Gasteiger partial charge is 0.584 e. The Balaban J connectivity index is 2.24. The molecule has 0 heterocycles. The van der Waals surface area contributed by atoms with Crippen LogP contribution < -0.4 is 9.05 Å². The van der Waals surface area contributed by atoms with Gasteiger partial charge >= 0.3 is 7.82 Å². The van der Waals surface area contributed by atoms with Crippen LogP contribution in [-0.4, -0.2) is 4.89 Å². The summed E-state index contributed by atoms with van der Waals surface area (Å²) in [6.45, 7) is 5.43. The molecule has 0 bridgehead atoms. The van der Waals surface area contributed by atoms with Gasteiger partial charge in [0.15, 0.2) is 0 Å². The number of phosphoric acid groups is 1. The highest BCUT2D eigenvalue weighted by molar-refractivity contribution is 7.48. The Hall–Kier alpha value is -1.77. The summed E-state index contributed by atoms with van der Waals surface area (Å²) in [6, 6.07) is 12.5. The molecule has 1 unspecified atom stereocenters. The minimum atomic E-state index is -4.22. The van der Waals surface area contributed by atoms with E-state index in [0.717, 1.165) is 16.7 Å². The predicted octanol–water partition coefficient (Wildman–Crippen LogP) is 4.17. The fourth-order valence-electron chi connectivity index (χ4n) is 1.86. The number of rotatable bonds is 4. The molecule has 0 aromatic heterocycles. The van der Waals surface area contributed by atoms with Crippen LogP contribution in [0.25, 0.3) is 0 Å². The Labute approximate surface area is 118 Å². The summed E-state index contributed by atoms with van der Waals surface area (Å²) >= 11 is 0. The zero-order chi connectivity index (χ0) is 14.8. The lowest BCUT2D eigenvalue weighted by Gasteiger charge is -2.17. The average Bonchev–Trinajstić information content (AvgIpc) is 2.37. The maximum atomic E-state index is 12.1. The molecule has 1 atom stereocenters. The Morgan fingerprint density at radius 1 is 0.850 bits per heavy atom. The highest BCUT2D eigenvalue weighted by Crippen LogP contribution is 2.46. The van der Waals surface area contributed by atoms with E-state index in [9.17, 15) is 9.46 Å². The standard InChI is InChI=1S/C15H17O4P/c1-11-7-4-5-10-14(11)18-20(16,17)19-15-12(2)8-6-9-13(15)3/h4-10H,1-3H3,(H,16,17). The van der Waals surface area contributed by atoms with Crippen LogP contribution in [0, 0.1) is 20.8 Å². The van der Waals surface area contributed by atoms with Crippen LogP contribution in [0.4, 0.5) is 0 Å². The Bertz CT molecular complexity index is 646. The van der Waals surface area contributed by atoms with Crippen molar-refractivity contribution in [3.05, 3.63) is 59.2 Å². The summed E-state index contributed by atoms with van der Waals surface area (Å²) in [4.78, 5) is 9.91. The van der Waals surface area contributed by atoms with Crippen molar-refractivity contribution in [2.24, 2.45) is 0 Å². The summed E-state index contributed by atoms with van der Waals surface area (Å²) in [7, 11) is -4.22. The van der Waals surface area contributed by atoms with Gasteiger partial charge in [-0.1, -0.05) is 36.4 Å². The molecule has 0 radical (unpaired) electrons. The average molecular weight is 292 g/mol. The molecule has 2 aromatic rings. The SMILES string of the molecule is Cc1ccccc1OP(=O)(O)Oc1c(C)cccc1C. The van der Waals surface area contributed by atoms with E-state index in [0.29, 0.717) is 11.5 Å². The second kappa shape index (κ2) is 5.70. The van der Waals surface area contributed by atoms with E-state index < -0.39 is 7.82 Å². The molecule has 0 spiro atoms. The van der Waals surface area contributed by atoms with Crippen molar-refractivity contribution < 1.29 is 18.5 Å². The first-order valence-electron chi connectivity index (χ1n) is 6.23. The molecule has 5 heteroatoms. The maximum Gasteiger partial charge on any atom is 0.584 e. The van der Waals surface area contributed by atoms with E-state index in [1.165, 1.54) is 0 Å². The molecular weight excluding hydrogens is 275 g/mol. The second-order valence-corrected chi connectivity index (χ2v) is 5.94. The lowest BCUT2D eigenvalue weighted by Crippen LogP contribution is -2.02. The first-order valence-corrected chi connectivity index (χ1v) is 7.72. The second-order valence-electron chi connectivity index (χ2n) is 4.64. The molecule has 2 aromatic carbocycles. The van der Waals surface area contributed by atoms with Crippen LogP contribution in [-0.2, 0) is 4.57 Å². The molecule has 2 rings (SSSR count). The fraction of sp³-hybridized carbons (Fsp3) is 0.200. The molecule has 0 aliphatic heterocycles. The van der Waals surface area contributed by atoms with Crippen LogP contribution in [0.5, 0.6) is 11.5 Å². The monoisotopic (exact) mass is 292 g/mol.